The zero-order chi connectivity index (χ0) is 13.1. The molecule has 0 fully saturated rings. The van der Waals surface area contributed by atoms with Crippen molar-refractivity contribution >= 4 is 0 Å². The SMILES string of the molecule is N[C@@H]1CCc2ccccc2[C@H]1CCc1ccccc1. The second-order valence-electron chi connectivity index (χ2n) is 5.53. The molecule has 2 aromatic carbocycles. The number of benzene rings is 2. The van der Waals surface area contributed by atoms with Crippen molar-refractivity contribution in [1.82, 2.24) is 0 Å². The van der Waals surface area contributed by atoms with Gasteiger partial charge in [-0.2, -0.15) is 0 Å². The largest absolute Gasteiger partial charge is 0.327 e. The Morgan fingerprint density at radius 3 is 2.53 bits per heavy atom. The monoisotopic (exact) mass is 251 g/mol. The molecule has 0 heterocycles. The van der Waals surface area contributed by atoms with Crippen molar-refractivity contribution in [1.29, 1.82) is 0 Å². The molecular formula is C18H21N. The van der Waals surface area contributed by atoms with Crippen molar-refractivity contribution in [2.45, 2.75) is 37.6 Å². The van der Waals surface area contributed by atoms with Crippen LogP contribution in [0.15, 0.2) is 54.6 Å². The lowest BCUT2D eigenvalue weighted by Gasteiger charge is -2.31. The molecule has 0 amide bonds. The Morgan fingerprint density at radius 1 is 0.947 bits per heavy atom. The van der Waals surface area contributed by atoms with Gasteiger partial charge < -0.3 is 5.73 Å². The number of fused-ring (bicyclic) bond motifs is 1. The van der Waals surface area contributed by atoms with E-state index in [1.54, 1.807) is 0 Å². The van der Waals surface area contributed by atoms with Gasteiger partial charge in [-0.15, -0.1) is 0 Å². The van der Waals surface area contributed by atoms with Crippen LogP contribution in [-0.2, 0) is 12.8 Å². The van der Waals surface area contributed by atoms with Gasteiger partial charge in [0.25, 0.3) is 0 Å². The van der Waals surface area contributed by atoms with E-state index in [2.05, 4.69) is 54.6 Å². The molecule has 0 aromatic heterocycles. The van der Waals surface area contributed by atoms with E-state index >= 15 is 0 Å². The Morgan fingerprint density at radius 2 is 1.68 bits per heavy atom. The molecule has 1 nitrogen and oxygen atoms in total. The van der Waals surface area contributed by atoms with Crippen molar-refractivity contribution < 1.29 is 0 Å². The molecule has 3 rings (SSSR count). The zero-order valence-electron chi connectivity index (χ0n) is 11.3. The van der Waals surface area contributed by atoms with E-state index in [1.165, 1.54) is 16.7 Å². The van der Waals surface area contributed by atoms with Gasteiger partial charge in [0.2, 0.25) is 0 Å². The maximum absolute atomic E-state index is 6.36. The second kappa shape index (κ2) is 5.58. The Labute approximate surface area is 115 Å². The van der Waals surface area contributed by atoms with E-state index in [0.717, 1.165) is 25.7 Å². The van der Waals surface area contributed by atoms with E-state index in [4.69, 9.17) is 5.73 Å². The minimum Gasteiger partial charge on any atom is -0.327 e. The third-order valence-corrected chi connectivity index (χ3v) is 4.31. The molecule has 2 N–H and O–H groups in total. The molecule has 0 bridgehead atoms. The first kappa shape index (κ1) is 12.4. The highest BCUT2D eigenvalue weighted by Gasteiger charge is 2.26. The molecule has 1 aliphatic carbocycles. The zero-order valence-corrected chi connectivity index (χ0v) is 11.3. The van der Waals surface area contributed by atoms with E-state index < -0.39 is 0 Å². The molecule has 19 heavy (non-hydrogen) atoms. The molecule has 0 saturated heterocycles. The fourth-order valence-electron chi connectivity index (χ4n) is 3.21. The van der Waals surface area contributed by atoms with Gasteiger partial charge in [-0.3, -0.25) is 0 Å². The van der Waals surface area contributed by atoms with E-state index in [-0.39, 0.29) is 0 Å². The average Bonchev–Trinajstić information content (AvgIpc) is 2.47. The quantitative estimate of drug-likeness (QED) is 0.885. The van der Waals surface area contributed by atoms with Crippen molar-refractivity contribution in [2.75, 3.05) is 0 Å². The molecule has 0 spiro atoms. The summed E-state index contributed by atoms with van der Waals surface area (Å²) in [7, 11) is 0. The van der Waals surface area contributed by atoms with Gasteiger partial charge in [-0.25, -0.2) is 0 Å². The summed E-state index contributed by atoms with van der Waals surface area (Å²) in [4.78, 5) is 0. The predicted molar refractivity (Wildman–Crippen MR) is 80.2 cm³/mol. The van der Waals surface area contributed by atoms with Gasteiger partial charge in [-0.05, 0) is 48.3 Å². The van der Waals surface area contributed by atoms with Crippen LogP contribution < -0.4 is 5.73 Å². The maximum atomic E-state index is 6.36. The molecule has 1 heteroatoms. The normalized spacial score (nSPS) is 21.9. The van der Waals surface area contributed by atoms with Crippen LogP contribution in [-0.4, -0.2) is 6.04 Å². The average molecular weight is 251 g/mol. The first-order valence-electron chi connectivity index (χ1n) is 7.22. The number of rotatable bonds is 3. The lowest BCUT2D eigenvalue weighted by molar-refractivity contribution is 0.447. The summed E-state index contributed by atoms with van der Waals surface area (Å²) >= 11 is 0. The Balaban J connectivity index is 1.77. The summed E-state index contributed by atoms with van der Waals surface area (Å²) < 4.78 is 0. The summed E-state index contributed by atoms with van der Waals surface area (Å²) in [5, 5.41) is 0. The Hall–Kier alpha value is -1.60. The van der Waals surface area contributed by atoms with E-state index in [1.807, 2.05) is 0 Å². The van der Waals surface area contributed by atoms with Crippen LogP contribution in [0.2, 0.25) is 0 Å². The van der Waals surface area contributed by atoms with Crippen molar-refractivity contribution in [3.8, 4) is 0 Å². The summed E-state index contributed by atoms with van der Waals surface area (Å²) in [6.45, 7) is 0. The number of aryl methyl sites for hydroxylation is 2. The number of nitrogens with two attached hydrogens (primary N) is 1. The molecule has 1 aliphatic rings. The summed E-state index contributed by atoms with van der Waals surface area (Å²) in [6, 6.07) is 19.9. The van der Waals surface area contributed by atoms with Gasteiger partial charge >= 0.3 is 0 Å². The lowest BCUT2D eigenvalue weighted by atomic mass is 9.77. The Bertz CT molecular complexity index is 532. The van der Waals surface area contributed by atoms with Crippen molar-refractivity contribution in [3.63, 3.8) is 0 Å². The number of hydrogen-bond acceptors (Lipinski definition) is 1. The summed E-state index contributed by atoms with van der Waals surface area (Å²) in [6.07, 6.45) is 4.53. The molecular weight excluding hydrogens is 230 g/mol. The van der Waals surface area contributed by atoms with Gasteiger partial charge in [-0.1, -0.05) is 54.6 Å². The first-order valence-corrected chi connectivity index (χ1v) is 7.22. The molecule has 0 aliphatic heterocycles. The first-order chi connectivity index (χ1) is 9.34. The highest BCUT2D eigenvalue weighted by atomic mass is 14.7. The van der Waals surface area contributed by atoms with E-state index in [0.29, 0.717) is 12.0 Å². The summed E-state index contributed by atoms with van der Waals surface area (Å²) in [5.41, 5.74) is 10.8. The van der Waals surface area contributed by atoms with Crippen molar-refractivity contribution in [3.05, 3.63) is 71.3 Å². The fraction of sp³-hybridized carbons (Fsp3) is 0.333. The van der Waals surface area contributed by atoms with Gasteiger partial charge in [0.1, 0.15) is 0 Å². The lowest BCUT2D eigenvalue weighted by Crippen LogP contribution is -2.33. The highest BCUT2D eigenvalue weighted by molar-refractivity contribution is 5.34. The van der Waals surface area contributed by atoms with E-state index in [9.17, 15) is 0 Å². The van der Waals surface area contributed by atoms with Gasteiger partial charge in [0.15, 0.2) is 0 Å². The molecule has 98 valence electrons. The number of hydrogen-bond donors (Lipinski definition) is 1. The van der Waals surface area contributed by atoms with Crippen LogP contribution in [0.25, 0.3) is 0 Å². The standard InChI is InChI=1S/C18H21N/c19-18-13-11-15-8-4-5-9-16(15)17(18)12-10-14-6-2-1-3-7-14/h1-9,17-18H,10-13,19H2/t17-,18-/m1/s1. The third kappa shape index (κ3) is 2.71. The fourth-order valence-corrected chi connectivity index (χ4v) is 3.21. The smallest absolute Gasteiger partial charge is 0.0111 e. The molecule has 2 aromatic rings. The summed E-state index contributed by atoms with van der Waals surface area (Å²) in [5.74, 6) is 0.519. The van der Waals surface area contributed by atoms with Gasteiger partial charge in [0, 0.05) is 6.04 Å². The topological polar surface area (TPSA) is 26.0 Å². The predicted octanol–water partition coefficient (Wildman–Crippen LogP) is 3.68. The maximum Gasteiger partial charge on any atom is 0.0111 e. The van der Waals surface area contributed by atoms with Crippen LogP contribution in [0.5, 0.6) is 0 Å². The van der Waals surface area contributed by atoms with Crippen LogP contribution in [0.4, 0.5) is 0 Å². The Kier molecular flexibility index (Phi) is 3.65. The van der Waals surface area contributed by atoms with Crippen LogP contribution in [0, 0.1) is 0 Å². The highest BCUT2D eigenvalue weighted by Crippen LogP contribution is 2.33. The molecule has 0 unspecified atom stereocenters. The van der Waals surface area contributed by atoms with Crippen LogP contribution in [0.3, 0.4) is 0 Å². The minimum atomic E-state index is 0.318. The van der Waals surface area contributed by atoms with Crippen molar-refractivity contribution in [2.24, 2.45) is 5.73 Å². The molecule has 0 saturated carbocycles. The second-order valence-corrected chi connectivity index (χ2v) is 5.53. The molecule has 0 radical (unpaired) electrons. The molecule has 2 atom stereocenters. The van der Waals surface area contributed by atoms with Gasteiger partial charge in [0.05, 0.1) is 0 Å². The van der Waals surface area contributed by atoms with Crippen LogP contribution in [0.1, 0.15) is 35.4 Å². The third-order valence-electron chi connectivity index (χ3n) is 4.31. The van der Waals surface area contributed by atoms with Crippen LogP contribution >= 0.6 is 0 Å². The minimum absolute atomic E-state index is 0.318.